The zero-order chi connectivity index (χ0) is 12.9. The molecule has 3 unspecified atom stereocenters. The zero-order valence-electron chi connectivity index (χ0n) is 11.6. The highest BCUT2D eigenvalue weighted by Gasteiger charge is 2.55. The smallest absolute Gasteiger partial charge is 0.0429 e. The summed E-state index contributed by atoms with van der Waals surface area (Å²) in [6.45, 7) is 6.83. The van der Waals surface area contributed by atoms with Gasteiger partial charge in [0, 0.05) is 4.83 Å². The van der Waals surface area contributed by atoms with E-state index in [4.69, 9.17) is 0 Å². The van der Waals surface area contributed by atoms with Crippen LogP contribution in [0.15, 0.2) is 24.3 Å². The minimum Gasteiger partial charge on any atom is -0.0836 e. The van der Waals surface area contributed by atoms with Crippen molar-refractivity contribution in [1.29, 1.82) is 0 Å². The number of halogens is 1. The summed E-state index contributed by atoms with van der Waals surface area (Å²) in [7, 11) is 0. The van der Waals surface area contributed by atoms with Gasteiger partial charge in [-0.3, -0.25) is 0 Å². The summed E-state index contributed by atoms with van der Waals surface area (Å²) in [5.41, 5.74) is 3.17. The van der Waals surface area contributed by atoms with Crippen molar-refractivity contribution >= 4 is 15.9 Å². The molecule has 0 radical (unpaired) electrons. The zero-order valence-corrected chi connectivity index (χ0v) is 13.2. The van der Waals surface area contributed by atoms with Gasteiger partial charge in [0.2, 0.25) is 0 Å². The van der Waals surface area contributed by atoms with Crippen molar-refractivity contribution in [3.8, 4) is 0 Å². The van der Waals surface area contributed by atoms with Crippen LogP contribution in [0, 0.1) is 17.8 Å². The monoisotopic (exact) mass is 306 g/mol. The maximum atomic E-state index is 3.94. The van der Waals surface area contributed by atoms with E-state index in [0.717, 1.165) is 17.8 Å². The Bertz CT molecular complexity index is 416. The van der Waals surface area contributed by atoms with Crippen molar-refractivity contribution in [3.05, 3.63) is 35.4 Å². The van der Waals surface area contributed by atoms with Crippen molar-refractivity contribution in [3.63, 3.8) is 0 Å². The van der Waals surface area contributed by atoms with Gasteiger partial charge in [0.1, 0.15) is 0 Å². The Labute approximate surface area is 119 Å². The lowest BCUT2D eigenvalue weighted by atomic mass is 9.86. The van der Waals surface area contributed by atoms with Crippen LogP contribution >= 0.6 is 15.9 Å². The molecule has 0 amide bonds. The van der Waals surface area contributed by atoms with Crippen LogP contribution < -0.4 is 0 Å². The average Bonchev–Trinajstić information content (AvgIpc) is 2.80. The van der Waals surface area contributed by atoms with Gasteiger partial charge in [-0.15, -0.1) is 0 Å². The highest BCUT2D eigenvalue weighted by molar-refractivity contribution is 9.09. The van der Waals surface area contributed by atoms with Crippen LogP contribution in [0.2, 0.25) is 0 Å². The van der Waals surface area contributed by atoms with E-state index in [-0.39, 0.29) is 5.41 Å². The molecule has 2 aliphatic rings. The Kier molecular flexibility index (Phi) is 3.09. The number of alkyl halides is 1. The van der Waals surface area contributed by atoms with Crippen molar-refractivity contribution < 1.29 is 0 Å². The third-order valence-electron chi connectivity index (χ3n) is 4.91. The van der Waals surface area contributed by atoms with E-state index in [2.05, 4.69) is 61.0 Å². The fraction of sp³-hybridized carbons (Fsp3) is 0.647. The highest BCUT2D eigenvalue weighted by Crippen LogP contribution is 2.64. The normalized spacial score (nSPS) is 32.1. The summed E-state index contributed by atoms with van der Waals surface area (Å²) >= 11 is 3.94. The predicted octanol–water partition coefficient (Wildman–Crippen LogP) is 5.47. The Hall–Kier alpha value is -0.300. The highest BCUT2D eigenvalue weighted by atomic mass is 79.9. The molecule has 0 aromatic heterocycles. The minimum atomic E-state index is 0.260. The first-order valence-corrected chi connectivity index (χ1v) is 8.14. The summed E-state index contributed by atoms with van der Waals surface area (Å²) in [4.78, 5) is 0.585. The largest absolute Gasteiger partial charge is 0.0836 e. The fourth-order valence-corrected chi connectivity index (χ4v) is 4.79. The molecular weight excluding hydrogens is 284 g/mol. The summed E-state index contributed by atoms with van der Waals surface area (Å²) in [5, 5.41) is 0. The lowest BCUT2D eigenvalue weighted by Crippen LogP contribution is -2.11. The van der Waals surface area contributed by atoms with Crippen LogP contribution in [0.4, 0.5) is 0 Å². The Morgan fingerprint density at radius 2 is 1.61 bits per heavy atom. The van der Waals surface area contributed by atoms with Crippen LogP contribution in [0.5, 0.6) is 0 Å². The maximum Gasteiger partial charge on any atom is 0.0429 e. The van der Waals surface area contributed by atoms with Crippen LogP contribution in [0.25, 0.3) is 0 Å². The Morgan fingerprint density at radius 1 is 1.06 bits per heavy atom. The van der Waals surface area contributed by atoms with Crippen molar-refractivity contribution in [1.82, 2.24) is 0 Å². The summed E-state index contributed by atoms with van der Waals surface area (Å²) in [6, 6.07) is 9.27. The molecule has 0 nitrogen and oxygen atoms in total. The van der Waals surface area contributed by atoms with Gasteiger partial charge in [0.25, 0.3) is 0 Å². The molecule has 1 aromatic carbocycles. The van der Waals surface area contributed by atoms with Crippen LogP contribution in [0.1, 0.15) is 56.0 Å². The number of benzene rings is 1. The molecule has 98 valence electrons. The Morgan fingerprint density at radius 3 is 2.11 bits per heavy atom. The third kappa shape index (κ3) is 2.15. The predicted molar refractivity (Wildman–Crippen MR) is 81.1 cm³/mol. The van der Waals surface area contributed by atoms with Gasteiger partial charge in [-0.1, -0.05) is 67.4 Å². The number of hydrogen-bond acceptors (Lipinski definition) is 0. The fourth-order valence-electron chi connectivity index (χ4n) is 3.70. The molecule has 0 heterocycles. The van der Waals surface area contributed by atoms with Gasteiger partial charge in [-0.05, 0) is 47.1 Å². The molecule has 0 spiro atoms. The first-order valence-electron chi connectivity index (χ1n) is 7.23. The SMILES string of the molecule is CC(C)(C)c1ccc(C(Br)C2C3CCCC32)cc1. The van der Waals surface area contributed by atoms with E-state index in [9.17, 15) is 0 Å². The van der Waals surface area contributed by atoms with Gasteiger partial charge in [0.15, 0.2) is 0 Å². The van der Waals surface area contributed by atoms with E-state index >= 15 is 0 Å². The number of hydrogen-bond donors (Lipinski definition) is 0. The molecule has 0 aliphatic heterocycles. The summed E-state index contributed by atoms with van der Waals surface area (Å²) < 4.78 is 0. The van der Waals surface area contributed by atoms with Gasteiger partial charge in [0.05, 0.1) is 0 Å². The molecule has 1 aromatic rings. The molecule has 2 saturated carbocycles. The second kappa shape index (κ2) is 4.37. The quantitative estimate of drug-likeness (QED) is 0.636. The molecule has 3 atom stereocenters. The third-order valence-corrected chi connectivity index (χ3v) is 6.04. The lowest BCUT2D eigenvalue weighted by molar-refractivity contribution is 0.579. The Balaban J connectivity index is 1.73. The van der Waals surface area contributed by atoms with E-state index < -0.39 is 0 Å². The molecule has 3 rings (SSSR count). The van der Waals surface area contributed by atoms with Crippen LogP contribution in [0.3, 0.4) is 0 Å². The number of rotatable bonds is 2. The summed E-state index contributed by atoms with van der Waals surface area (Å²) in [5.74, 6) is 2.97. The molecule has 2 aliphatic carbocycles. The number of fused-ring (bicyclic) bond motifs is 1. The van der Waals surface area contributed by atoms with E-state index in [1.807, 2.05) is 0 Å². The van der Waals surface area contributed by atoms with Gasteiger partial charge in [-0.2, -0.15) is 0 Å². The standard InChI is InChI=1S/C17H23Br/c1-17(2,3)12-9-7-11(8-10-12)16(18)15-13-5-4-6-14(13)15/h7-10,13-16H,4-6H2,1-3H3. The van der Waals surface area contributed by atoms with Gasteiger partial charge < -0.3 is 0 Å². The molecule has 2 fully saturated rings. The van der Waals surface area contributed by atoms with Gasteiger partial charge in [-0.25, -0.2) is 0 Å². The van der Waals surface area contributed by atoms with Crippen molar-refractivity contribution in [2.75, 3.05) is 0 Å². The van der Waals surface area contributed by atoms with Crippen molar-refractivity contribution in [2.45, 2.75) is 50.3 Å². The van der Waals surface area contributed by atoms with E-state index in [1.165, 1.54) is 30.4 Å². The van der Waals surface area contributed by atoms with Crippen LogP contribution in [-0.4, -0.2) is 0 Å². The second-order valence-electron chi connectivity index (χ2n) is 7.11. The van der Waals surface area contributed by atoms with E-state index in [0.29, 0.717) is 4.83 Å². The molecular formula is C17H23Br. The first-order chi connectivity index (χ1) is 8.48. The maximum absolute atomic E-state index is 3.94. The molecule has 0 N–H and O–H groups in total. The molecule has 0 saturated heterocycles. The molecule has 0 bridgehead atoms. The average molecular weight is 307 g/mol. The second-order valence-corrected chi connectivity index (χ2v) is 8.10. The van der Waals surface area contributed by atoms with Gasteiger partial charge >= 0.3 is 0 Å². The summed E-state index contributed by atoms with van der Waals surface area (Å²) in [6.07, 6.45) is 4.41. The minimum absolute atomic E-state index is 0.260. The first kappa shape index (κ1) is 12.7. The molecule has 1 heteroatoms. The lowest BCUT2D eigenvalue weighted by Gasteiger charge is -2.20. The van der Waals surface area contributed by atoms with E-state index in [1.54, 1.807) is 0 Å². The van der Waals surface area contributed by atoms with Crippen LogP contribution in [-0.2, 0) is 5.41 Å². The topological polar surface area (TPSA) is 0 Å². The molecule has 18 heavy (non-hydrogen) atoms. The van der Waals surface area contributed by atoms with Crippen molar-refractivity contribution in [2.24, 2.45) is 17.8 Å².